The SMILES string of the molecule is CN1CCN(C(=O)c2ccnc(C3C(=O)Nc4ccc(C#N)cc43)c2)CC1.Cl. The van der Waals surface area contributed by atoms with Gasteiger partial charge < -0.3 is 15.1 Å². The highest BCUT2D eigenvalue weighted by Gasteiger charge is 2.34. The molecule has 144 valence electrons. The molecular weight excluding hydrogens is 378 g/mol. The summed E-state index contributed by atoms with van der Waals surface area (Å²) in [5, 5.41) is 12.0. The van der Waals surface area contributed by atoms with Crippen LogP contribution in [-0.2, 0) is 4.79 Å². The standard InChI is InChI=1S/C20H19N5O2.ClH/c1-24-6-8-25(9-7-24)20(27)14-4-5-22-17(11-14)18-15-10-13(12-21)2-3-16(15)23-19(18)26;/h2-5,10-11,18H,6-9H2,1H3,(H,23,26);1H. The molecule has 1 atom stereocenters. The molecule has 2 aliphatic rings. The van der Waals surface area contributed by atoms with Crippen LogP contribution in [0.25, 0.3) is 0 Å². The first-order valence-electron chi connectivity index (χ1n) is 8.85. The summed E-state index contributed by atoms with van der Waals surface area (Å²) in [6.07, 6.45) is 1.57. The average molecular weight is 398 g/mol. The molecule has 1 aromatic carbocycles. The average Bonchev–Trinajstić information content (AvgIpc) is 3.02. The third-order valence-electron chi connectivity index (χ3n) is 5.13. The van der Waals surface area contributed by atoms with Crippen LogP contribution in [0, 0.1) is 11.3 Å². The number of hydrogen-bond acceptors (Lipinski definition) is 5. The van der Waals surface area contributed by atoms with Crippen LogP contribution < -0.4 is 5.32 Å². The Labute approximate surface area is 169 Å². The molecule has 0 spiro atoms. The number of likely N-dealkylation sites (N-methyl/N-ethyl adjacent to an activating group) is 1. The molecule has 1 saturated heterocycles. The van der Waals surface area contributed by atoms with Gasteiger partial charge in [-0.3, -0.25) is 14.6 Å². The fourth-order valence-electron chi connectivity index (χ4n) is 3.56. The largest absolute Gasteiger partial charge is 0.336 e. The molecule has 1 unspecified atom stereocenters. The molecule has 0 aliphatic carbocycles. The van der Waals surface area contributed by atoms with E-state index in [0.717, 1.165) is 18.7 Å². The third-order valence-corrected chi connectivity index (χ3v) is 5.13. The zero-order valence-electron chi connectivity index (χ0n) is 15.4. The Kier molecular flexibility index (Phi) is 5.63. The predicted molar refractivity (Wildman–Crippen MR) is 107 cm³/mol. The molecule has 0 saturated carbocycles. The van der Waals surface area contributed by atoms with Crippen molar-refractivity contribution in [3.8, 4) is 6.07 Å². The zero-order valence-corrected chi connectivity index (χ0v) is 16.2. The van der Waals surface area contributed by atoms with Gasteiger partial charge in [0.2, 0.25) is 5.91 Å². The van der Waals surface area contributed by atoms with Crippen molar-refractivity contribution in [1.29, 1.82) is 5.26 Å². The highest BCUT2D eigenvalue weighted by molar-refractivity contribution is 6.05. The molecule has 2 aromatic rings. The molecule has 2 aliphatic heterocycles. The van der Waals surface area contributed by atoms with E-state index in [-0.39, 0.29) is 24.2 Å². The molecule has 3 heterocycles. The Balaban J connectivity index is 0.00000225. The van der Waals surface area contributed by atoms with E-state index < -0.39 is 5.92 Å². The number of pyridine rings is 1. The second-order valence-electron chi connectivity index (χ2n) is 6.90. The summed E-state index contributed by atoms with van der Waals surface area (Å²) in [7, 11) is 2.04. The number of anilines is 1. The van der Waals surface area contributed by atoms with Crippen molar-refractivity contribution in [3.63, 3.8) is 0 Å². The van der Waals surface area contributed by atoms with Crippen LogP contribution in [0.1, 0.15) is 33.1 Å². The zero-order chi connectivity index (χ0) is 19.0. The number of nitriles is 1. The second-order valence-corrected chi connectivity index (χ2v) is 6.90. The van der Waals surface area contributed by atoms with Gasteiger partial charge >= 0.3 is 0 Å². The van der Waals surface area contributed by atoms with E-state index in [2.05, 4.69) is 21.3 Å². The molecule has 1 aromatic heterocycles. The Hall–Kier alpha value is -2.95. The summed E-state index contributed by atoms with van der Waals surface area (Å²) in [5.74, 6) is -0.860. The van der Waals surface area contributed by atoms with Crippen LogP contribution in [0.15, 0.2) is 36.5 Å². The number of rotatable bonds is 2. The van der Waals surface area contributed by atoms with Gasteiger partial charge in [-0.05, 0) is 42.9 Å². The molecule has 4 rings (SSSR count). The molecule has 1 fully saturated rings. The van der Waals surface area contributed by atoms with Gasteiger partial charge in [0.1, 0.15) is 5.92 Å². The maximum atomic E-state index is 12.8. The minimum Gasteiger partial charge on any atom is -0.336 e. The first-order valence-corrected chi connectivity index (χ1v) is 8.85. The van der Waals surface area contributed by atoms with E-state index in [1.54, 1.807) is 36.5 Å². The Morgan fingerprint density at radius 1 is 1.21 bits per heavy atom. The van der Waals surface area contributed by atoms with Gasteiger partial charge in [0.05, 0.1) is 17.3 Å². The Morgan fingerprint density at radius 3 is 2.68 bits per heavy atom. The van der Waals surface area contributed by atoms with Gasteiger partial charge in [-0.15, -0.1) is 12.4 Å². The number of piperazine rings is 1. The van der Waals surface area contributed by atoms with E-state index in [4.69, 9.17) is 5.26 Å². The number of carbonyl (C=O) groups excluding carboxylic acids is 2. The van der Waals surface area contributed by atoms with Crippen molar-refractivity contribution in [2.45, 2.75) is 5.92 Å². The van der Waals surface area contributed by atoms with Crippen LogP contribution in [0.4, 0.5) is 5.69 Å². The van der Waals surface area contributed by atoms with E-state index >= 15 is 0 Å². The fourth-order valence-corrected chi connectivity index (χ4v) is 3.56. The lowest BCUT2D eigenvalue weighted by atomic mass is 9.94. The number of nitrogens with zero attached hydrogens (tertiary/aromatic N) is 4. The molecule has 0 radical (unpaired) electrons. The molecule has 28 heavy (non-hydrogen) atoms. The Morgan fingerprint density at radius 2 is 1.96 bits per heavy atom. The van der Waals surface area contributed by atoms with Gasteiger partial charge in [0.15, 0.2) is 0 Å². The predicted octanol–water partition coefficient (Wildman–Crippen LogP) is 1.85. The van der Waals surface area contributed by atoms with Crippen molar-refractivity contribution >= 4 is 29.9 Å². The van der Waals surface area contributed by atoms with Gasteiger partial charge in [-0.1, -0.05) is 0 Å². The van der Waals surface area contributed by atoms with Crippen LogP contribution in [0.5, 0.6) is 0 Å². The molecule has 0 bridgehead atoms. The van der Waals surface area contributed by atoms with Crippen molar-refractivity contribution < 1.29 is 9.59 Å². The summed E-state index contributed by atoms with van der Waals surface area (Å²) >= 11 is 0. The minimum absolute atomic E-state index is 0. The number of benzene rings is 1. The van der Waals surface area contributed by atoms with E-state index in [9.17, 15) is 9.59 Å². The third kappa shape index (κ3) is 3.57. The summed E-state index contributed by atoms with van der Waals surface area (Å²) in [5.41, 5.74) is 2.93. The summed E-state index contributed by atoms with van der Waals surface area (Å²) < 4.78 is 0. The van der Waals surface area contributed by atoms with Crippen molar-refractivity contribution in [3.05, 3.63) is 58.9 Å². The van der Waals surface area contributed by atoms with Crippen molar-refractivity contribution in [1.82, 2.24) is 14.8 Å². The van der Waals surface area contributed by atoms with Gasteiger partial charge in [0.25, 0.3) is 5.91 Å². The summed E-state index contributed by atoms with van der Waals surface area (Å²) in [6, 6.07) is 10.6. The molecule has 8 heteroatoms. The number of fused-ring (bicyclic) bond motifs is 1. The number of halogens is 1. The quantitative estimate of drug-likeness (QED) is 0.835. The van der Waals surface area contributed by atoms with Crippen LogP contribution >= 0.6 is 12.4 Å². The van der Waals surface area contributed by atoms with Crippen molar-refractivity contribution in [2.75, 3.05) is 38.5 Å². The topological polar surface area (TPSA) is 89.3 Å². The highest BCUT2D eigenvalue weighted by Crippen LogP contribution is 2.37. The summed E-state index contributed by atoms with van der Waals surface area (Å²) in [6.45, 7) is 3.06. The smallest absolute Gasteiger partial charge is 0.254 e. The first-order chi connectivity index (χ1) is 13.1. The van der Waals surface area contributed by atoms with Crippen molar-refractivity contribution in [2.24, 2.45) is 0 Å². The van der Waals surface area contributed by atoms with E-state index in [0.29, 0.717) is 35.6 Å². The van der Waals surface area contributed by atoms with Gasteiger partial charge in [-0.2, -0.15) is 5.26 Å². The van der Waals surface area contributed by atoms with E-state index in [1.165, 1.54) is 0 Å². The molecular formula is C20H20ClN5O2. The van der Waals surface area contributed by atoms with Gasteiger partial charge in [0, 0.05) is 43.6 Å². The van der Waals surface area contributed by atoms with Crippen LogP contribution in [0.3, 0.4) is 0 Å². The Bertz CT molecular complexity index is 963. The highest BCUT2D eigenvalue weighted by atomic mass is 35.5. The number of hydrogen-bond donors (Lipinski definition) is 1. The minimum atomic E-state index is -0.617. The molecule has 2 amide bonds. The number of carbonyl (C=O) groups is 2. The number of nitrogens with one attached hydrogen (secondary N) is 1. The summed E-state index contributed by atoms with van der Waals surface area (Å²) in [4.78, 5) is 33.7. The number of amides is 2. The maximum Gasteiger partial charge on any atom is 0.254 e. The lowest BCUT2D eigenvalue weighted by molar-refractivity contribution is -0.116. The van der Waals surface area contributed by atoms with Crippen LogP contribution in [-0.4, -0.2) is 59.8 Å². The lowest BCUT2D eigenvalue weighted by Crippen LogP contribution is -2.47. The molecule has 7 nitrogen and oxygen atoms in total. The second kappa shape index (κ2) is 7.97. The van der Waals surface area contributed by atoms with E-state index in [1.807, 2.05) is 11.9 Å². The fraction of sp³-hybridized carbons (Fsp3) is 0.300. The van der Waals surface area contributed by atoms with Gasteiger partial charge in [-0.25, -0.2) is 0 Å². The molecule has 1 N–H and O–H groups in total. The van der Waals surface area contributed by atoms with Crippen LogP contribution in [0.2, 0.25) is 0 Å². The maximum absolute atomic E-state index is 12.8. The number of aromatic nitrogens is 1. The first kappa shape index (κ1) is 19.8. The monoisotopic (exact) mass is 397 g/mol. The normalized spacial score (nSPS) is 18.6. The lowest BCUT2D eigenvalue weighted by Gasteiger charge is -2.32.